The van der Waals surface area contributed by atoms with E-state index in [0.29, 0.717) is 11.2 Å². The number of fused-ring (bicyclic) bond motifs is 1. The van der Waals surface area contributed by atoms with Crippen LogP contribution in [0.15, 0.2) is 77.5 Å². The van der Waals surface area contributed by atoms with Crippen molar-refractivity contribution in [3.63, 3.8) is 0 Å². The van der Waals surface area contributed by atoms with Crippen LogP contribution >= 0.6 is 0 Å². The third kappa shape index (κ3) is 4.32. The smallest absolute Gasteiger partial charge is 0.294 e. The number of carbonyl (C=O) groups excluding carboxylic acids is 1. The molecule has 3 aromatic rings. The SMILES string of the molecule is N#C/C(=C/Nc1cccc2cccnc12)C(=O)Nc1ccc(S(=O)(=O)O)cc1. The lowest BCUT2D eigenvalue weighted by molar-refractivity contribution is -0.112. The van der Waals surface area contributed by atoms with Crippen molar-refractivity contribution in [2.75, 3.05) is 10.6 Å². The van der Waals surface area contributed by atoms with Crippen LogP contribution < -0.4 is 10.6 Å². The number of amides is 1. The van der Waals surface area contributed by atoms with Crippen LogP contribution in [0, 0.1) is 11.3 Å². The Hall–Kier alpha value is -3.74. The van der Waals surface area contributed by atoms with Crippen LogP contribution in [0.1, 0.15) is 0 Å². The molecule has 28 heavy (non-hydrogen) atoms. The third-order valence-corrected chi connectivity index (χ3v) is 4.65. The monoisotopic (exact) mass is 394 g/mol. The molecule has 1 aromatic heterocycles. The van der Waals surface area contributed by atoms with Gasteiger partial charge in [-0.05, 0) is 36.4 Å². The predicted octanol–water partition coefficient (Wildman–Crippen LogP) is 2.94. The van der Waals surface area contributed by atoms with E-state index in [0.717, 1.165) is 17.5 Å². The molecule has 1 amide bonds. The van der Waals surface area contributed by atoms with E-state index < -0.39 is 16.0 Å². The summed E-state index contributed by atoms with van der Waals surface area (Å²) in [6, 6.07) is 15.9. The van der Waals surface area contributed by atoms with Crippen molar-refractivity contribution in [3.05, 3.63) is 72.6 Å². The lowest BCUT2D eigenvalue weighted by atomic mass is 10.2. The number of para-hydroxylation sites is 1. The molecule has 3 N–H and O–H groups in total. The average Bonchev–Trinajstić information content (AvgIpc) is 2.68. The summed E-state index contributed by atoms with van der Waals surface area (Å²) in [7, 11) is -4.32. The Morgan fingerprint density at radius 1 is 1.11 bits per heavy atom. The van der Waals surface area contributed by atoms with Gasteiger partial charge in [-0.25, -0.2) is 0 Å². The van der Waals surface area contributed by atoms with E-state index in [1.807, 2.05) is 24.3 Å². The van der Waals surface area contributed by atoms with E-state index in [1.165, 1.54) is 18.3 Å². The predicted molar refractivity (Wildman–Crippen MR) is 104 cm³/mol. The van der Waals surface area contributed by atoms with Crippen LogP contribution in [-0.2, 0) is 14.9 Å². The molecule has 0 bridgehead atoms. The summed E-state index contributed by atoms with van der Waals surface area (Å²) in [5.41, 5.74) is 1.41. The maximum Gasteiger partial charge on any atom is 0.294 e. The molecule has 8 nitrogen and oxygen atoms in total. The van der Waals surface area contributed by atoms with Gasteiger partial charge in [-0.3, -0.25) is 14.3 Å². The van der Waals surface area contributed by atoms with Crippen molar-refractivity contribution in [1.29, 1.82) is 5.26 Å². The zero-order chi connectivity index (χ0) is 20.1. The van der Waals surface area contributed by atoms with Gasteiger partial charge in [0.05, 0.1) is 16.1 Å². The minimum Gasteiger partial charge on any atom is -0.358 e. The zero-order valence-corrected chi connectivity index (χ0v) is 15.1. The van der Waals surface area contributed by atoms with Gasteiger partial charge in [0.1, 0.15) is 11.6 Å². The standard InChI is InChI=1S/C19H14N4O4S/c20-11-14(12-22-17-5-1-3-13-4-2-10-21-18(13)17)19(24)23-15-6-8-16(9-7-15)28(25,26)27/h1-10,12,22H,(H,23,24)(H,25,26,27)/b14-12-. The maximum atomic E-state index is 12.3. The maximum absolute atomic E-state index is 12.3. The van der Waals surface area contributed by atoms with Gasteiger partial charge in [-0.2, -0.15) is 13.7 Å². The van der Waals surface area contributed by atoms with E-state index in [1.54, 1.807) is 18.3 Å². The molecule has 0 aliphatic heterocycles. The number of nitrogens with zero attached hydrogens (tertiary/aromatic N) is 2. The first-order chi connectivity index (χ1) is 13.4. The van der Waals surface area contributed by atoms with Crippen molar-refractivity contribution in [3.8, 4) is 6.07 Å². The van der Waals surface area contributed by atoms with E-state index in [4.69, 9.17) is 4.55 Å². The Morgan fingerprint density at radius 3 is 2.50 bits per heavy atom. The Bertz CT molecular complexity index is 1210. The first-order valence-corrected chi connectivity index (χ1v) is 9.42. The summed E-state index contributed by atoms with van der Waals surface area (Å²) in [6.07, 6.45) is 2.91. The molecule has 0 saturated heterocycles. The minimum absolute atomic E-state index is 0.188. The van der Waals surface area contributed by atoms with E-state index in [9.17, 15) is 18.5 Å². The summed E-state index contributed by atoms with van der Waals surface area (Å²) in [4.78, 5) is 16.3. The molecule has 0 fully saturated rings. The molecule has 2 aromatic carbocycles. The highest BCUT2D eigenvalue weighted by Gasteiger charge is 2.12. The van der Waals surface area contributed by atoms with Gasteiger partial charge in [0.15, 0.2) is 0 Å². The summed E-state index contributed by atoms with van der Waals surface area (Å²) in [6.45, 7) is 0. The van der Waals surface area contributed by atoms with Gasteiger partial charge >= 0.3 is 0 Å². The molecular weight excluding hydrogens is 380 g/mol. The van der Waals surface area contributed by atoms with Crippen molar-refractivity contribution >= 4 is 38.3 Å². The van der Waals surface area contributed by atoms with Crippen LogP contribution in [0.2, 0.25) is 0 Å². The van der Waals surface area contributed by atoms with Gasteiger partial charge in [-0.15, -0.1) is 0 Å². The van der Waals surface area contributed by atoms with Crippen LogP contribution in [0.25, 0.3) is 10.9 Å². The number of hydrogen-bond acceptors (Lipinski definition) is 6. The van der Waals surface area contributed by atoms with Crippen LogP contribution in [-0.4, -0.2) is 23.9 Å². The highest BCUT2D eigenvalue weighted by molar-refractivity contribution is 7.85. The van der Waals surface area contributed by atoms with Crippen molar-refractivity contribution in [1.82, 2.24) is 4.98 Å². The van der Waals surface area contributed by atoms with E-state index in [2.05, 4.69) is 15.6 Å². The van der Waals surface area contributed by atoms with Crippen LogP contribution in [0.3, 0.4) is 0 Å². The summed E-state index contributed by atoms with van der Waals surface area (Å²) in [5, 5.41) is 15.6. The second-order valence-electron chi connectivity index (χ2n) is 5.65. The third-order valence-electron chi connectivity index (χ3n) is 3.78. The molecule has 9 heteroatoms. The number of anilines is 2. The van der Waals surface area contributed by atoms with Crippen molar-refractivity contribution < 1.29 is 17.8 Å². The first kappa shape index (κ1) is 19.0. The number of rotatable bonds is 5. The topological polar surface area (TPSA) is 132 Å². The molecule has 3 rings (SSSR count). The summed E-state index contributed by atoms with van der Waals surface area (Å²) in [5.74, 6) is -0.678. The largest absolute Gasteiger partial charge is 0.358 e. The Labute approximate surface area is 160 Å². The number of aromatic nitrogens is 1. The fourth-order valence-corrected chi connectivity index (χ4v) is 2.91. The van der Waals surface area contributed by atoms with E-state index >= 15 is 0 Å². The molecule has 0 aliphatic carbocycles. The normalized spacial score (nSPS) is 11.6. The highest BCUT2D eigenvalue weighted by Crippen LogP contribution is 2.21. The van der Waals surface area contributed by atoms with Crippen LogP contribution in [0.4, 0.5) is 11.4 Å². The second kappa shape index (κ2) is 7.87. The Balaban J connectivity index is 1.77. The molecule has 140 valence electrons. The molecule has 0 unspecified atom stereocenters. The number of carbonyl (C=O) groups is 1. The Morgan fingerprint density at radius 2 is 1.82 bits per heavy atom. The highest BCUT2D eigenvalue weighted by atomic mass is 32.2. The summed E-state index contributed by atoms with van der Waals surface area (Å²) < 4.78 is 31.0. The van der Waals surface area contributed by atoms with Gasteiger partial charge < -0.3 is 10.6 Å². The molecule has 1 heterocycles. The molecule has 0 radical (unpaired) electrons. The fraction of sp³-hybridized carbons (Fsp3) is 0. The second-order valence-corrected chi connectivity index (χ2v) is 7.07. The molecule has 0 saturated carbocycles. The van der Waals surface area contributed by atoms with E-state index in [-0.39, 0.29) is 16.2 Å². The zero-order valence-electron chi connectivity index (χ0n) is 14.3. The summed E-state index contributed by atoms with van der Waals surface area (Å²) >= 11 is 0. The fourth-order valence-electron chi connectivity index (χ4n) is 2.43. The number of benzene rings is 2. The molecule has 0 aliphatic rings. The molecular formula is C19H14N4O4S. The first-order valence-electron chi connectivity index (χ1n) is 7.98. The van der Waals surface area contributed by atoms with Gasteiger partial charge in [0.2, 0.25) is 0 Å². The quantitative estimate of drug-likeness (QED) is 0.344. The van der Waals surface area contributed by atoms with Crippen molar-refractivity contribution in [2.24, 2.45) is 0 Å². The molecule has 0 atom stereocenters. The minimum atomic E-state index is -4.32. The number of nitrogens with one attached hydrogen (secondary N) is 2. The van der Waals surface area contributed by atoms with Crippen LogP contribution in [0.5, 0.6) is 0 Å². The van der Waals surface area contributed by atoms with Gasteiger partial charge in [0, 0.05) is 23.5 Å². The number of hydrogen-bond donors (Lipinski definition) is 3. The number of pyridine rings is 1. The van der Waals surface area contributed by atoms with Crippen molar-refractivity contribution in [2.45, 2.75) is 4.90 Å². The lowest BCUT2D eigenvalue weighted by Gasteiger charge is -2.07. The average molecular weight is 394 g/mol. The molecule has 0 spiro atoms. The van der Waals surface area contributed by atoms with Gasteiger partial charge in [0.25, 0.3) is 16.0 Å². The number of nitriles is 1. The lowest BCUT2D eigenvalue weighted by Crippen LogP contribution is -2.14. The Kier molecular flexibility index (Phi) is 5.35. The van der Waals surface area contributed by atoms with Gasteiger partial charge in [-0.1, -0.05) is 18.2 Å².